The Labute approximate surface area is 149 Å². The Kier molecular flexibility index (Phi) is 10.6. The Morgan fingerprint density at radius 2 is 1.62 bits per heavy atom. The van der Waals surface area contributed by atoms with Crippen molar-refractivity contribution in [3.63, 3.8) is 0 Å². The summed E-state index contributed by atoms with van der Waals surface area (Å²) >= 11 is 0. The summed E-state index contributed by atoms with van der Waals surface area (Å²) < 4.78 is 0. The van der Waals surface area contributed by atoms with Crippen LogP contribution in [-0.4, -0.2) is 47.2 Å². The van der Waals surface area contributed by atoms with Crippen molar-refractivity contribution < 1.29 is 9.90 Å². The Bertz CT molecular complexity index is 341. The van der Waals surface area contributed by atoms with Crippen molar-refractivity contribution in [1.29, 1.82) is 0 Å². The van der Waals surface area contributed by atoms with Crippen molar-refractivity contribution >= 4 is 5.97 Å². The minimum atomic E-state index is -0.753. The van der Waals surface area contributed by atoms with Gasteiger partial charge in [0.25, 0.3) is 0 Å². The number of aliphatic carboxylic acids is 1. The lowest BCUT2D eigenvalue weighted by atomic mass is 9.85. The Morgan fingerprint density at radius 1 is 1.04 bits per heavy atom. The third-order valence-electron chi connectivity index (χ3n) is 5.69. The molecule has 1 saturated heterocycles. The minimum absolute atomic E-state index is 0.0925. The average Bonchev–Trinajstić information content (AvgIpc) is 2.58. The molecule has 0 saturated carbocycles. The summed E-state index contributed by atoms with van der Waals surface area (Å²) in [5, 5.41) is 12.0. The second-order valence-electron chi connectivity index (χ2n) is 7.80. The number of likely N-dealkylation sites (tertiary alicyclic amines) is 1. The fraction of sp³-hybridized carbons (Fsp3) is 0.950. The molecule has 0 aromatic heterocycles. The molecule has 4 nitrogen and oxygen atoms in total. The zero-order valence-corrected chi connectivity index (χ0v) is 16.3. The van der Waals surface area contributed by atoms with E-state index in [9.17, 15) is 4.79 Å². The molecule has 1 rings (SSSR count). The topological polar surface area (TPSA) is 52.6 Å². The van der Waals surface area contributed by atoms with Gasteiger partial charge < -0.3 is 10.4 Å². The number of carboxylic acid groups (broad SMARTS) is 1. The molecule has 0 radical (unpaired) electrons. The average molecular weight is 341 g/mol. The first kappa shape index (κ1) is 21.4. The van der Waals surface area contributed by atoms with E-state index < -0.39 is 5.97 Å². The van der Waals surface area contributed by atoms with E-state index in [0.29, 0.717) is 11.6 Å². The van der Waals surface area contributed by atoms with Crippen LogP contribution in [0.25, 0.3) is 0 Å². The van der Waals surface area contributed by atoms with Crippen molar-refractivity contribution in [2.24, 2.45) is 0 Å². The molecule has 1 atom stereocenters. The summed E-state index contributed by atoms with van der Waals surface area (Å²) in [7, 11) is 0. The van der Waals surface area contributed by atoms with Gasteiger partial charge in [0.15, 0.2) is 0 Å². The highest BCUT2D eigenvalue weighted by Gasteiger charge is 2.33. The van der Waals surface area contributed by atoms with Crippen molar-refractivity contribution in [3.05, 3.63) is 0 Å². The van der Waals surface area contributed by atoms with Gasteiger partial charge in [0.05, 0.1) is 6.54 Å². The largest absolute Gasteiger partial charge is 0.480 e. The molecule has 0 spiro atoms. The fourth-order valence-corrected chi connectivity index (χ4v) is 3.96. The summed E-state index contributed by atoms with van der Waals surface area (Å²) in [6, 6.07) is 0.373. The molecule has 0 aliphatic carbocycles. The number of rotatable bonds is 13. The smallest absolute Gasteiger partial charge is 0.317 e. The molecule has 1 aliphatic rings. The van der Waals surface area contributed by atoms with Crippen molar-refractivity contribution in [3.8, 4) is 0 Å². The van der Waals surface area contributed by atoms with Crippen LogP contribution in [0.1, 0.15) is 91.4 Å². The zero-order valence-electron chi connectivity index (χ0n) is 16.3. The van der Waals surface area contributed by atoms with Gasteiger partial charge in [-0.2, -0.15) is 0 Å². The molecule has 0 aromatic rings. The van der Waals surface area contributed by atoms with Crippen LogP contribution in [0.2, 0.25) is 0 Å². The first-order valence-electron chi connectivity index (χ1n) is 10.2. The molecule has 1 aliphatic heterocycles. The lowest BCUT2D eigenvalue weighted by Crippen LogP contribution is -2.53. The van der Waals surface area contributed by atoms with Crippen LogP contribution in [0.5, 0.6) is 0 Å². The third-order valence-corrected chi connectivity index (χ3v) is 5.69. The van der Waals surface area contributed by atoms with Crippen LogP contribution >= 0.6 is 0 Å². The molecule has 142 valence electrons. The standard InChI is InChI=1S/C20H40N2O2/c1-4-6-8-9-10-14-20(3,13-7-5-2)22-15-11-18(12-16-22)21-17-19(23)24/h18,21H,4-17H2,1-3H3,(H,23,24). The van der Waals surface area contributed by atoms with Gasteiger partial charge in [-0.15, -0.1) is 0 Å². The summed E-state index contributed by atoms with van der Waals surface area (Å²) in [5.74, 6) is -0.753. The predicted octanol–water partition coefficient (Wildman–Crippen LogP) is 4.43. The first-order chi connectivity index (χ1) is 11.5. The number of nitrogens with one attached hydrogen (secondary N) is 1. The van der Waals surface area contributed by atoms with Gasteiger partial charge in [-0.05, 0) is 32.6 Å². The number of hydrogen-bond acceptors (Lipinski definition) is 3. The van der Waals surface area contributed by atoms with Crippen LogP contribution < -0.4 is 5.32 Å². The molecule has 24 heavy (non-hydrogen) atoms. The van der Waals surface area contributed by atoms with Crippen LogP contribution in [-0.2, 0) is 4.79 Å². The molecule has 1 fully saturated rings. The molecular formula is C20H40N2O2. The monoisotopic (exact) mass is 340 g/mol. The highest BCUT2D eigenvalue weighted by atomic mass is 16.4. The van der Waals surface area contributed by atoms with Gasteiger partial charge in [0, 0.05) is 24.7 Å². The van der Waals surface area contributed by atoms with Gasteiger partial charge in [0.2, 0.25) is 0 Å². The molecule has 1 unspecified atom stereocenters. The maximum absolute atomic E-state index is 10.7. The number of nitrogens with zero attached hydrogens (tertiary/aromatic N) is 1. The lowest BCUT2D eigenvalue weighted by Gasteiger charge is -2.46. The minimum Gasteiger partial charge on any atom is -0.480 e. The predicted molar refractivity (Wildman–Crippen MR) is 102 cm³/mol. The number of hydrogen-bond donors (Lipinski definition) is 2. The summed E-state index contributed by atoms with van der Waals surface area (Å²) in [6.07, 6.45) is 14.1. The van der Waals surface area contributed by atoms with Crippen molar-refractivity contribution in [2.75, 3.05) is 19.6 Å². The molecule has 4 heteroatoms. The highest BCUT2D eigenvalue weighted by Crippen LogP contribution is 2.31. The third kappa shape index (κ3) is 7.98. The Balaban J connectivity index is 2.44. The van der Waals surface area contributed by atoms with E-state index in [1.165, 1.54) is 57.8 Å². The number of piperidine rings is 1. The molecular weight excluding hydrogens is 300 g/mol. The van der Waals surface area contributed by atoms with Crippen LogP contribution in [0, 0.1) is 0 Å². The maximum atomic E-state index is 10.7. The Hall–Kier alpha value is -0.610. The summed E-state index contributed by atoms with van der Waals surface area (Å²) in [4.78, 5) is 13.4. The van der Waals surface area contributed by atoms with Crippen LogP contribution in [0.4, 0.5) is 0 Å². The van der Waals surface area contributed by atoms with Gasteiger partial charge >= 0.3 is 5.97 Å². The van der Waals surface area contributed by atoms with E-state index in [2.05, 4.69) is 31.0 Å². The van der Waals surface area contributed by atoms with Crippen molar-refractivity contribution in [2.45, 2.75) is 103 Å². The second kappa shape index (κ2) is 11.9. The fourth-order valence-electron chi connectivity index (χ4n) is 3.96. The van der Waals surface area contributed by atoms with E-state index in [1.54, 1.807) is 0 Å². The molecule has 2 N–H and O–H groups in total. The molecule has 0 bridgehead atoms. The van der Waals surface area contributed by atoms with Gasteiger partial charge in [0.1, 0.15) is 0 Å². The number of carboxylic acids is 1. The lowest BCUT2D eigenvalue weighted by molar-refractivity contribution is -0.136. The van der Waals surface area contributed by atoms with E-state index in [4.69, 9.17) is 5.11 Å². The second-order valence-corrected chi connectivity index (χ2v) is 7.80. The zero-order chi connectivity index (χ0) is 17.8. The van der Waals surface area contributed by atoms with Crippen LogP contribution in [0.15, 0.2) is 0 Å². The number of carbonyl (C=O) groups is 1. The Morgan fingerprint density at radius 3 is 2.21 bits per heavy atom. The van der Waals surface area contributed by atoms with E-state index in [1.807, 2.05) is 0 Å². The molecule has 0 amide bonds. The van der Waals surface area contributed by atoms with E-state index in [-0.39, 0.29) is 6.54 Å². The normalized spacial score (nSPS) is 19.3. The molecule has 0 aromatic carbocycles. The van der Waals surface area contributed by atoms with E-state index >= 15 is 0 Å². The van der Waals surface area contributed by atoms with Gasteiger partial charge in [-0.3, -0.25) is 9.69 Å². The summed E-state index contributed by atoms with van der Waals surface area (Å²) in [6.45, 7) is 9.32. The van der Waals surface area contributed by atoms with E-state index in [0.717, 1.165) is 25.9 Å². The maximum Gasteiger partial charge on any atom is 0.317 e. The van der Waals surface area contributed by atoms with Gasteiger partial charge in [-0.1, -0.05) is 58.8 Å². The highest BCUT2D eigenvalue weighted by molar-refractivity contribution is 5.69. The SMILES string of the molecule is CCCCCCCC(C)(CCCC)N1CCC(NCC(=O)O)CC1. The van der Waals surface area contributed by atoms with Crippen molar-refractivity contribution in [1.82, 2.24) is 10.2 Å². The number of unbranched alkanes of at least 4 members (excludes halogenated alkanes) is 5. The van der Waals surface area contributed by atoms with Crippen LogP contribution in [0.3, 0.4) is 0 Å². The quantitative estimate of drug-likeness (QED) is 0.487. The van der Waals surface area contributed by atoms with Gasteiger partial charge in [-0.25, -0.2) is 0 Å². The first-order valence-corrected chi connectivity index (χ1v) is 10.2. The molecule has 1 heterocycles. The summed E-state index contributed by atoms with van der Waals surface area (Å²) in [5.41, 5.74) is 0.333.